The van der Waals surface area contributed by atoms with Crippen molar-refractivity contribution >= 4 is 17.3 Å². The molecule has 1 aliphatic heterocycles. The number of hydrogen-bond acceptors (Lipinski definition) is 5. The van der Waals surface area contributed by atoms with Crippen LogP contribution in [0.1, 0.15) is 12.0 Å². The van der Waals surface area contributed by atoms with E-state index in [9.17, 15) is 25.1 Å². The van der Waals surface area contributed by atoms with Crippen LogP contribution >= 0.6 is 0 Å². The van der Waals surface area contributed by atoms with Crippen LogP contribution < -0.4 is 4.90 Å². The molecule has 96 valence electrons. The summed E-state index contributed by atoms with van der Waals surface area (Å²) in [6.07, 6.45) is -0.707. The van der Waals surface area contributed by atoms with Crippen molar-refractivity contribution in [3.8, 4) is 0 Å². The maximum atomic E-state index is 11.6. The van der Waals surface area contributed by atoms with Gasteiger partial charge < -0.3 is 15.1 Å². The van der Waals surface area contributed by atoms with Gasteiger partial charge in [0, 0.05) is 23.4 Å². The highest BCUT2D eigenvalue weighted by Crippen LogP contribution is 2.28. The maximum absolute atomic E-state index is 11.6. The van der Waals surface area contributed by atoms with Gasteiger partial charge in [0.25, 0.3) is 5.69 Å². The van der Waals surface area contributed by atoms with Crippen LogP contribution in [0.4, 0.5) is 11.4 Å². The maximum Gasteiger partial charge on any atom is 0.269 e. The molecule has 2 N–H and O–H groups in total. The largest absolute Gasteiger partial charge is 0.392 e. The summed E-state index contributed by atoms with van der Waals surface area (Å²) in [7, 11) is 0. The highest BCUT2D eigenvalue weighted by atomic mass is 16.6. The fourth-order valence-corrected chi connectivity index (χ4v) is 2.00. The summed E-state index contributed by atoms with van der Waals surface area (Å²) < 4.78 is 0. The predicted octanol–water partition coefficient (Wildman–Crippen LogP) is 0.185. The molecule has 1 aliphatic rings. The minimum absolute atomic E-state index is 0.0296. The highest BCUT2D eigenvalue weighted by molar-refractivity contribution is 5.96. The number of nitro groups is 1. The molecule has 1 saturated heterocycles. The Morgan fingerprint density at radius 2 is 2.22 bits per heavy atom. The number of amides is 1. The Hall–Kier alpha value is -1.99. The number of anilines is 1. The van der Waals surface area contributed by atoms with E-state index >= 15 is 0 Å². The van der Waals surface area contributed by atoms with Gasteiger partial charge in [-0.2, -0.15) is 0 Å². The van der Waals surface area contributed by atoms with Gasteiger partial charge in [0.15, 0.2) is 0 Å². The Morgan fingerprint density at radius 3 is 2.72 bits per heavy atom. The van der Waals surface area contributed by atoms with E-state index in [0.29, 0.717) is 11.3 Å². The number of rotatable bonds is 3. The average molecular weight is 252 g/mol. The number of aliphatic hydroxyl groups excluding tert-OH is 2. The zero-order valence-corrected chi connectivity index (χ0v) is 9.44. The first-order chi connectivity index (χ1) is 8.52. The van der Waals surface area contributed by atoms with Gasteiger partial charge in [-0.05, 0) is 6.07 Å². The van der Waals surface area contributed by atoms with Gasteiger partial charge in [-0.25, -0.2) is 0 Å². The average Bonchev–Trinajstić information content (AvgIpc) is 2.67. The van der Waals surface area contributed by atoms with Crippen molar-refractivity contribution in [2.45, 2.75) is 19.1 Å². The lowest BCUT2D eigenvalue weighted by molar-refractivity contribution is -0.384. The third-order valence-corrected chi connectivity index (χ3v) is 2.84. The molecule has 0 aliphatic carbocycles. The summed E-state index contributed by atoms with van der Waals surface area (Å²) >= 11 is 0. The Bertz CT molecular complexity index is 502. The van der Waals surface area contributed by atoms with Crippen molar-refractivity contribution in [2.24, 2.45) is 0 Å². The molecule has 7 heteroatoms. The van der Waals surface area contributed by atoms with E-state index < -0.39 is 17.6 Å². The number of nitrogens with zero attached hydrogens (tertiary/aromatic N) is 2. The molecule has 1 amide bonds. The SMILES string of the molecule is O=C1CC(O)CN1c1ccc([N+](=O)[O-])cc1CO. The number of carbonyl (C=O) groups excluding carboxylic acids is 1. The molecule has 1 aromatic rings. The second kappa shape index (κ2) is 4.71. The van der Waals surface area contributed by atoms with Crippen molar-refractivity contribution in [3.63, 3.8) is 0 Å². The topological polar surface area (TPSA) is 104 Å². The van der Waals surface area contributed by atoms with E-state index in [0.717, 1.165) is 0 Å². The van der Waals surface area contributed by atoms with Gasteiger partial charge in [0.2, 0.25) is 5.91 Å². The summed E-state index contributed by atoms with van der Waals surface area (Å²) in [6, 6.07) is 3.92. The van der Waals surface area contributed by atoms with Crippen LogP contribution in [0.15, 0.2) is 18.2 Å². The minimum Gasteiger partial charge on any atom is -0.392 e. The summed E-state index contributed by atoms with van der Waals surface area (Å²) in [5.41, 5.74) is 0.561. The van der Waals surface area contributed by atoms with E-state index in [4.69, 9.17) is 0 Å². The first kappa shape index (κ1) is 12.5. The number of benzene rings is 1. The van der Waals surface area contributed by atoms with E-state index in [2.05, 4.69) is 0 Å². The van der Waals surface area contributed by atoms with Crippen LogP contribution in [0.2, 0.25) is 0 Å². The third kappa shape index (κ3) is 2.18. The third-order valence-electron chi connectivity index (χ3n) is 2.84. The van der Waals surface area contributed by atoms with Gasteiger partial charge in [-0.3, -0.25) is 14.9 Å². The second-order valence-corrected chi connectivity index (χ2v) is 4.09. The van der Waals surface area contributed by atoms with Crippen LogP contribution in [0, 0.1) is 10.1 Å². The van der Waals surface area contributed by atoms with Gasteiger partial charge in [0.05, 0.1) is 30.6 Å². The van der Waals surface area contributed by atoms with Crippen LogP contribution in [0.25, 0.3) is 0 Å². The van der Waals surface area contributed by atoms with Crippen molar-refractivity contribution in [1.82, 2.24) is 0 Å². The monoisotopic (exact) mass is 252 g/mol. The number of non-ortho nitro benzene ring substituents is 1. The molecule has 1 unspecified atom stereocenters. The van der Waals surface area contributed by atoms with Crippen molar-refractivity contribution < 1.29 is 19.9 Å². The van der Waals surface area contributed by atoms with Crippen molar-refractivity contribution in [3.05, 3.63) is 33.9 Å². The molecule has 2 rings (SSSR count). The molecule has 1 heterocycles. The predicted molar refractivity (Wildman–Crippen MR) is 62.0 cm³/mol. The number of nitro benzene ring substituents is 1. The van der Waals surface area contributed by atoms with Crippen molar-refractivity contribution in [1.29, 1.82) is 0 Å². The van der Waals surface area contributed by atoms with Crippen molar-refractivity contribution in [2.75, 3.05) is 11.4 Å². The lowest BCUT2D eigenvalue weighted by Crippen LogP contribution is -2.26. The molecule has 0 spiro atoms. The zero-order chi connectivity index (χ0) is 13.3. The van der Waals surface area contributed by atoms with Crippen LogP contribution in [0.5, 0.6) is 0 Å². The fraction of sp³-hybridized carbons (Fsp3) is 0.364. The summed E-state index contributed by atoms with van der Waals surface area (Å²) in [5.74, 6) is -0.258. The van der Waals surface area contributed by atoms with Crippen LogP contribution in [0.3, 0.4) is 0 Å². The summed E-state index contributed by atoms with van der Waals surface area (Å²) in [6.45, 7) is -0.263. The normalized spacial score (nSPS) is 19.3. The Morgan fingerprint density at radius 1 is 1.50 bits per heavy atom. The number of hydrogen-bond donors (Lipinski definition) is 2. The second-order valence-electron chi connectivity index (χ2n) is 4.09. The van der Waals surface area contributed by atoms with E-state index in [1.165, 1.54) is 23.1 Å². The van der Waals surface area contributed by atoms with Gasteiger partial charge in [-0.1, -0.05) is 0 Å². The van der Waals surface area contributed by atoms with Gasteiger partial charge in [0.1, 0.15) is 0 Å². The summed E-state index contributed by atoms with van der Waals surface area (Å²) in [5, 5.41) is 29.2. The van der Waals surface area contributed by atoms with Crippen LogP contribution in [-0.4, -0.2) is 33.7 Å². The zero-order valence-electron chi connectivity index (χ0n) is 9.44. The highest BCUT2D eigenvalue weighted by Gasteiger charge is 2.30. The van der Waals surface area contributed by atoms with Crippen LogP contribution in [-0.2, 0) is 11.4 Å². The van der Waals surface area contributed by atoms with E-state index in [1.807, 2.05) is 0 Å². The fourth-order valence-electron chi connectivity index (χ4n) is 2.00. The molecular weight excluding hydrogens is 240 g/mol. The lowest BCUT2D eigenvalue weighted by Gasteiger charge is -2.18. The molecule has 1 aromatic carbocycles. The smallest absolute Gasteiger partial charge is 0.269 e. The molecule has 0 radical (unpaired) electrons. The van der Waals surface area contributed by atoms with Gasteiger partial charge in [-0.15, -0.1) is 0 Å². The summed E-state index contributed by atoms with van der Waals surface area (Å²) in [4.78, 5) is 23.0. The molecule has 0 aromatic heterocycles. The Balaban J connectivity index is 2.39. The molecule has 0 bridgehead atoms. The standard InChI is InChI=1S/C11H12N2O5/c14-6-7-3-8(13(17)18)1-2-10(7)12-5-9(15)4-11(12)16/h1-3,9,14-15H,4-6H2. The number of carbonyl (C=O) groups is 1. The molecule has 7 nitrogen and oxygen atoms in total. The number of β-amino-alcohol motifs (C(OH)–C–C–N with tert-alkyl or cyclic N) is 1. The van der Waals surface area contributed by atoms with Gasteiger partial charge >= 0.3 is 0 Å². The Labute approximate surface area is 102 Å². The lowest BCUT2D eigenvalue weighted by atomic mass is 10.1. The molecule has 1 atom stereocenters. The first-order valence-electron chi connectivity index (χ1n) is 5.39. The molecule has 18 heavy (non-hydrogen) atoms. The molecular formula is C11H12N2O5. The molecule has 0 saturated carbocycles. The quantitative estimate of drug-likeness (QED) is 0.590. The minimum atomic E-state index is -0.737. The Kier molecular flexibility index (Phi) is 3.26. The number of aliphatic hydroxyl groups is 2. The molecule has 1 fully saturated rings. The first-order valence-corrected chi connectivity index (χ1v) is 5.39. The van der Waals surface area contributed by atoms with E-state index in [1.54, 1.807) is 0 Å². The van der Waals surface area contributed by atoms with E-state index in [-0.39, 0.29) is 24.6 Å².